The lowest BCUT2D eigenvalue weighted by Gasteiger charge is -2.35. The number of nitrogens with zero attached hydrogens (tertiary/aromatic N) is 1. The van der Waals surface area contributed by atoms with Crippen molar-refractivity contribution < 1.29 is 14.3 Å². The molecule has 1 aliphatic heterocycles. The summed E-state index contributed by atoms with van der Waals surface area (Å²) in [6.45, 7) is 11.4. The van der Waals surface area contributed by atoms with Crippen molar-refractivity contribution in [3.63, 3.8) is 0 Å². The van der Waals surface area contributed by atoms with Gasteiger partial charge in [-0.3, -0.25) is 9.59 Å². The molecule has 0 saturated carbocycles. The lowest BCUT2D eigenvalue weighted by atomic mass is 9.91. The zero-order valence-corrected chi connectivity index (χ0v) is 15.3. The van der Waals surface area contributed by atoms with Gasteiger partial charge >= 0.3 is 0 Å². The number of hydrogen-bond donors (Lipinski definition) is 1. The maximum absolute atomic E-state index is 12.4. The predicted octanol–water partition coefficient (Wildman–Crippen LogP) is 2.59. The largest absolute Gasteiger partial charge is 0.381 e. The van der Waals surface area contributed by atoms with E-state index in [4.69, 9.17) is 4.74 Å². The number of nitrogens with one attached hydrogen (secondary N) is 1. The molecule has 1 heterocycles. The molecule has 0 bridgehead atoms. The SMILES string of the molecule is CCCCOCCCNC(=O)C1CCCN(C(=O)C(C)(C)C)C1. The molecule has 134 valence electrons. The highest BCUT2D eigenvalue weighted by atomic mass is 16.5. The van der Waals surface area contributed by atoms with Gasteiger partial charge in [-0.25, -0.2) is 0 Å². The first-order chi connectivity index (χ1) is 10.9. The van der Waals surface area contributed by atoms with E-state index in [1.165, 1.54) is 0 Å². The van der Waals surface area contributed by atoms with Crippen LogP contribution in [-0.2, 0) is 14.3 Å². The van der Waals surface area contributed by atoms with E-state index < -0.39 is 0 Å². The highest BCUT2D eigenvalue weighted by Crippen LogP contribution is 2.23. The topological polar surface area (TPSA) is 58.6 Å². The van der Waals surface area contributed by atoms with Crippen LogP contribution in [0.2, 0.25) is 0 Å². The fourth-order valence-electron chi connectivity index (χ4n) is 2.73. The molecule has 1 N–H and O–H groups in total. The van der Waals surface area contributed by atoms with Gasteiger partial charge in [0.2, 0.25) is 11.8 Å². The highest BCUT2D eigenvalue weighted by molar-refractivity contribution is 5.83. The molecule has 5 heteroatoms. The summed E-state index contributed by atoms with van der Waals surface area (Å²) >= 11 is 0. The highest BCUT2D eigenvalue weighted by Gasteiger charge is 2.33. The van der Waals surface area contributed by atoms with Crippen molar-refractivity contribution in [1.82, 2.24) is 10.2 Å². The minimum Gasteiger partial charge on any atom is -0.381 e. The van der Waals surface area contributed by atoms with Crippen LogP contribution in [0.15, 0.2) is 0 Å². The smallest absolute Gasteiger partial charge is 0.227 e. The van der Waals surface area contributed by atoms with Crippen molar-refractivity contribution >= 4 is 11.8 Å². The second-order valence-corrected chi connectivity index (χ2v) is 7.45. The first-order valence-corrected chi connectivity index (χ1v) is 9.01. The van der Waals surface area contributed by atoms with E-state index in [2.05, 4.69) is 12.2 Å². The zero-order chi connectivity index (χ0) is 17.3. The van der Waals surface area contributed by atoms with Gasteiger partial charge in [-0.1, -0.05) is 34.1 Å². The molecular weight excluding hydrogens is 292 g/mol. The molecule has 0 spiro atoms. The number of amides is 2. The fraction of sp³-hybridized carbons (Fsp3) is 0.889. The first kappa shape index (κ1) is 19.9. The molecule has 23 heavy (non-hydrogen) atoms. The van der Waals surface area contributed by atoms with E-state index in [1.807, 2.05) is 25.7 Å². The van der Waals surface area contributed by atoms with Gasteiger partial charge in [0, 0.05) is 38.3 Å². The van der Waals surface area contributed by atoms with Crippen molar-refractivity contribution in [2.75, 3.05) is 32.8 Å². The molecule has 1 aliphatic rings. The molecular formula is C18H34N2O3. The van der Waals surface area contributed by atoms with Crippen LogP contribution in [0.5, 0.6) is 0 Å². The molecule has 0 radical (unpaired) electrons. The number of likely N-dealkylation sites (tertiary alicyclic amines) is 1. The Morgan fingerprint density at radius 2 is 1.91 bits per heavy atom. The Balaban J connectivity index is 2.27. The van der Waals surface area contributed by atoms with Crippen molar-refractivity contribution in [1.29, 1.82) is 0 Å². The van der Waals surface area contributed by atoms with Crippen molar-refractivity contribution in [2.45, 2.75) is 59.8 Å². The minimum atomic E-state index is -0.381. The van der Waals surface area contributed by atoms with E-state index in [9.17, 15) is 9.59 Å². The van der Waals surface area contributed by atoms with Gasteiger partial charge in [-0.05, 0) is 25.7 Å². The van der Waals surface area contributed by atoms with Crippen molar-refractivity contribution in [3.05, 3.63) is 0 Å². The van der Waals surface area contributed by atoms with Crippen LogP contribution >= 0.6 is 0 Å². The van der Waals surface area contributed by atoms with E-state index in [0.29, 0.717) is 19.7 Å². The van der Waals surface area contributed by atoms with E-state index in [0.717, 1.165) is 45.3 Å². The molecule has 5 nitrogen and oxygen atoms in total. The van der Waals surface area contributed by atoms with Gasteiger partial charge in [0.05, 0.1) is 5.92 Å². The van der Waals surface area contributed by atoms with Crippen molar-refractivity contribution in [2.24, 2.45) is 11.3 Å². The molecule has 1 saturated heterocycles. The average molecular weight is 326 g/mol. The second kappa shape index (κ2) is 9.91. The average Bonchev–Trinajstić information content (AvgIpc) is 2.52. The van der Waals surface area contributed by atoms with Crippen LogP contribution in [0.1, 0.15) is 59.8 Å². The number of carbonyl (C=O) groups excluding carboxylic acids is 2. The lowest BCUT2D eigenvalue weighted by Crippen LogP contribution is -2.48. The summed E-state index contributed by atoms with van der Waals surface area (Å²) in [4.78, 5) is 26.5. The van der Waals surface area contributed by atoms with Crippen LogP contribution in [0.25, 0.3) is 0 Å². The van der Waals surface area contributed by atoms with Gasteiger partial charge in [-0.2, -0.15) is 0 Å². The molecule has 1 unspecified atom stereocenters. The van der Waals surface area contributed by atoms with E-state index in [1.54, 1.807) is 0 Å². The Morgan fingerprint density at radius 3 is 2.57 bits per heavy atom. The Morgan fingerprint density at radius 1 is 1.22 bits per heavy atom. The van der Waals surface area contributed by atoms with Gasteiger partial charge in [-0.15, -0.1) is 0 Å². The number of carbonyl (C=O) groups is 2. The quantitative estimate of drug-likeness (QED) is 0.698. The molecule has 0 aliphatic carbocycles. The Labute approximate surface area is 141 Å². The van der Waals surface area contributed by atoms with Gasteiger partial charge in [0.15, 0.2) is 0 Å². The fourth-order valence-corrected chi connectivity index (χ4v) is 2.73. The maximum atomic E-state index is 12.4. The predicted molar refractivity (Wildman–Crippen MR) is 92.1 cm³/mol. The molecule has 0 aromatic heterocycles. The normalized spacial score (nSPS) is 18.8. The van der Waals surface area contributed by atoms with Gasteiger partial charge in [0.25, 0.3) is 0 Å². The molecule has 1 rings (SSSR count). The van der Waals surface area contributed by atoms with Crippen molar-refractivity contribution in [3.8, 4) is 0 Å². The van der Waals surface area contributed by atoms with Gasteiger partial charge < -0.3 is 15.0 Å². The summed E-state index contributed by atoms with van der Waals surface area (Å²) in [6, 6.07) is 0. The van der Waals surface area contributed by atoms with E-state index in [-0.39, 0.29) is 23.1 Å². The summed E-state index contributed by atoms with van der Waals surface area (Å²) in [5.41, 5.74) is -0.381. The third kappa shape index (κ3) is 7.34. The number of piperidine rings is 1. The standard InChI is InChI=1S/C18H34N2O3/c1-5-6-12-23-13-8-10-19-16(21)15-9-7-11-20(14-15)17(22)18(2,3)4/h15H,5-14H2,1-4H3,(H,19,21). The number of ether oxygens (including phenoxy) is 1. The molecule has 1 atom stereocenters. The van der Waals surface area contributed by atoms with Gasteiger partial charge in [0.1, 0.15) is 0 Å². The number of rotatable bonds is 8. The molecule has 0 aromatic carbocycles. The maximum Gasteiger partial charge on any atom is 0.227 e. The molecule has 0 aromatic rings. The Kier molecular flexibility index (Phi) is 8.59. The van der Waals surface area contributed by atoms with Crippen LogP contribution in [0.4, 0.5) is 0 Å². The lowest BCUT2D eigenvalue weighted by molar-refractivity contribution is -0.142. The summed E-state index contributed by atoms with van der Waals surface area (Å²) in [6.07, 6.45) is 4.84. The second-order valence-electron chi connectivity index (χ2n) is 7.45. The summed E-state index contributed by atoms with van der Waals surface area (Å²) in [5.74, 6) is 0.139. The number of unbranched alkanes of at least 4 members (excludes halogenated alkanes) is 1. The third-order valence-corrected chi connectivity index (χ3v) is 4.13. The Hall–Kier alpha value is -1.10. The third-order valence-electron chi connectivity index (χ3n) is 4.13. The monoisotopic (exact) mass is 326 g/mol. The van der Waals surface area contributed by atoms with E-state index >= 15 is 0 Å². The summed E-state index contributed by atoms with van der Waals surface area (Å²) < 4.78 is 5.48. The minimum absolute atomic E-state index is 0.0731. The first-order valence-electron chi connectivity index (χ1n) is 9.01. The molecule has 1 fully saturated rings. The zero-order valence-electron chi connectivity index (χ0n) is 15.3. The van der Waals surface area contributed by atoms with Crippen LogP contribution < -0.4 is 5.32 Å². The van der Waals surface area contributed by atoms with Crippen LogP contribution in [-0.4, -0.2) is 49.6 Å². The summed E-state index contributed by atoms with van der Waals surface area (Å²) in [7, 11) is 0. The molecule has 2 amide bonds. The number of hydrogen-bond acceptors (Lipinski definition) is 3. The van der Waals surface area contributed by atoms with Crippen LogP contribution in [0.3, 0.4) is 0 Å². The Bertz CT molecular complexity index is 377. The summed E-state index contributed by atoms with van der Waals surface area (Å²) in [5, 5.41) is 2.98. The van der Waals surface area contributed by atoms with Crippen LogP contribution in [0, 0.1) is 11.3 Å².